The van der Waals surface area contributed by atoms with Gasteiger partial charge in [0.2, 0.25) is 16.0 Å². The SMILES string of the molecule is CC(C)S(=O)(=O)n1c(N)nc2ccc(C(=CCO)c3ccccc3)cc21.Cl. The van der Waals surface area contributed by atoms with Gasteiger partial charge in [-0.25, -0.2) is 17.4 Å². The highest BCUT2D eigenvalue weighted by atomic mass is 35.5. The maximum atomic E-state index is 12.7. The van der Waals surface area contributed by atoms with Crippen LogP contribution in [0.3, 0.4) is 0 Å². The van der Waals surface area contributed by atoms with Crippen molar-refractivity contribution in [2.75, 3.05) is 12.3 Å². The standard InChI is InChI=1S/C19H21N3O3S.ClH/c1-13(2)26(24,25)22-18-12-15(8-9-17(18)21-19(22)20)16(10-11-23)14-6-4-3-5-7-14;/h3-10,12-13,23H,11H2,1-2H3,(H2,20,21);1H. The van der Waals surface area contributed by atoms with Crippen LogP contribution in [0.5, 0.6) is 0 Å². The number of rotatable bonds is 5. The number of fused-ring (bicyclic) bond motifs is 1. The summed E-state index contributed by atoms with van der Waals surface area (Å²) in [5, 5.41) is 8.79. The van der Waals surface area contributed by atoms with Gasteiger partial charge in [-0.1, -0.05) is 42.5 Å². The molecule has 2 aromatic carbocycles. The van der Waals surface area contributed by atoms with Gasteiger partial charge in [0, 0.05) is 0 Å². The Hall–Kier alpha value is -2.35. The summed E-state index contributed by atoms with van der Waals surface area (Å²) >= 11 is 0. The van der Waals surface area contributed by atoms with Gasteiger partial charge in [0.1, 0.15) is 0 Å². The average Bonchev–Trinajstić information content (AvgIpc) is 2.95. The number of benzene rings is 2. The Bertz CT molecular complexity index is 1070. The van der Waals surface area contributed by atoms with Crippen molar-refractivity contribution in [3.05, 3.63) is 65.7 Å². The van der Waals surface area contributed by atoms with Gasteiger partial charge < -0.3 is 10.8 Å². The summed E-state index contributed by atoms with van der Waals surface area (Å²) in [6.45, 7) is 3.07. The Morgan fingerprint density at radius 2 is 1.85 bits per heavy atom. The van der Waals surface area contributed by atoms with Crippen LogP contribution in [-0.2, 0) is 10.0 Å². The fourth-order valence-electron chi connectivity index (χ4n) is 2.83. The minimum absolute atomic E-state index is 0. The second-order valence-electron chi connectivity index (χ2n) is 6.20. The van der Waals surface area contributed by atoms with Gasteiger partial charge in [0.25, 0.3) is 0 Å². The first-order valence-corrected chi connectivity index (χ1v) is 9.75. The fourth-order valence-corrected chi connectivity index (χ4v) is 3.97. The molecule has 3 aromatic rings. The topological polar surface area (TPSA) is 98.2 Å². The van der Waals surface area contributed by atoms with E-state index in [0.29, 0.717) is 11.0 Å². The minimum Gasteiger partial charge on any atom is -0.392 e. The summed E-state index contributed by atoms with van der Waals surface area (Å²) in [5.41, 5.74) is 9.33. The first kappa shape index (κ1) is 21.0. The zero-order valence-electron chi connectivity index (χ0n) is 15.0. The molecule has 1 heterocycles. The quantitative estimate of drug-likeness (QED) is 0.677. The van der Waals surface area contributed by atoms with E-state index in [-0.39, 0.29) is 25.0 Å². The third kappa shape index (κ3) is 3.85. The fraction of sp³-hybridized carbons (Fsp3) is 0.211. The molecular formula is C19H22ClN3O3S. The van der Waals surface area contributed by atoms with Crippen LogP contribution in [0.25, 0.3) is 16.6 Å². The van der Waals surface area contributed by atoms with Crippen molar-refractivity contribution in [1.29, 1.82) is 0 Å². The predicted octanol–water partition coefficient (Wildman–Crippen LogP) is 3.05. The smallest absolute Gasteiger partial charge is 0.244 e. The van der Waals surface area contributed by atoms with Crippen LogP contribution in [0.15, 0.2) is 54.6 Å². The maximum absolute atomic E-state index is 12.7. The number of nitrogens with zero attached hydrogens (tertiary/aromatic N) is 2. The van der Waals surface area contributed by atoms with E-state index in [1.54, 1.807) is 32.1 Å². The van der Waals surface area contributed by atoms with Gasteiger partial charge in [-0.3, -0.25) is 0 Å². The summed E-state index contributed by atoms with van der Waals surface area (Å²) < 4.78 is 26.5. The number of aliphatic hydroxyl groups is 1. The molecule has 0 aliphatic rings. The molecule has 0 saturated carbocycles. The van der Waals surface area contributed by atoms with Gasteiger partial charge in [0.15, 0.2) is 0 Å². The molecule has 6 nitrogen and oxygen atoms in total. The van der Waals surface area contributed by atoms with E-state index >= 15 is 0 Å². The van der Waals surface area contributed by atoms with Crippen molar-refractivity contribution in [1.82, 2.24) is 8.96 Å². The van der Waals surface area contributed by atoms with Crippen LogP contribution in [-0.4, -0.2) is 34.3 Å². The highest BCUT2D eigenvalue weighted by molar-refractivity contribution is 7.90. The van der Waals surface area contributed by atoms with Crippen LogP contribution in [0.4, 0.5) is 5.95 Å². The Kier molecular flexibility index (Phi) is 6.30. The van der Waals surface area contributed by atoms with E-state index in [4.69, 9.17) is 5.73 Å². The van der Waals surface area contributed by atoms with Gasteiger partial charge in [-0.2, -0.15) is 0 Å². The normalized spacial score (nSPS) is 12.4. The third-order valence-electron chi connectivity index (χ3n) is 4.18. The first-order chi connectivity index (χ1) is 12.4. The van der Waals surface area contributed by atoms with Crippen molar-refractivity contribution < 1.29 is 13.5 Å². The van der Waals surface area contributed by atoms with Crippen molar-refractivity contribution >= 4 is 45.0 Å². The molecule has 0 saturated heterocycles. The predicted molar refractivity (Wildman–Crippen MR) is 111 cm³/mol. The number of anilines is 1. The van der Waals surface area contributed by atoms with Crippen LogP contribution in [0.1, 0.15) is 25.0 Å². The zero-order valence-corrected chi connectivity index (χ0v) is 16.7. The van der Waals surface area contributed by atoms with Crippen molar-refractivity contribution in [2.24, 2.45) is 0 Å². The van der Waals surface area contributed by atoms with Gasteiger partial charge in [-0.05, 0) is 42.7 Å². The highest BCUT2D eigenvalue weighted by Gasteiger charge is 2.24. The molecule has 0 fully saturated rings. The largest absolute Gasteiger partial charge is 0.392 e. The van der Waals surface area contributed by atoms with Crippen LogP contribution < -0.4 is 5.73 Å². The molecule has 1 aromatic heterocycles. The molecule has 27 heavy (non-hydrogen) atoms. The van der Waals surface area contributed by atoms with Gasteiger partial charge in [-0.15, -0.1) is 12.4 Å². The molecule has 0 bridgehead atoms. The molecule has 0 spiro atoms. The van der Waals surface area contributed by atoms with Crippen LogP contribution in [0, 0.1) is 0 Å². The van der Waals surface area contributed by atoms with Gasteiger partial charge in [0.05, 0.1) is 22.9 Å². The Balaban J connectivity index is 0.00000261. The Morgan fingerprint density at radius 1 is 1.19 bits per heavy atom. The zero-order chi connectivity index (χ0) is 18.9. The van der Waals surface area contributed by atoms with Crippen molar-refractivity contribution in [2.45, 2.75) is 19.1 Å². The summed E-state index contributed by atoms with van der Waals surface area (Å²) in [4.78, 5) is 4.17. The number of hydrogen-bond acceptors (Lipinski definition) is 5. The Labute approximate surface area is 164 Å². The Morgan fingerprint density at radius 3 is 2.44 bits per heavy atom. The number of hydrogen-bond donors (Lipinski definition) is 2. The molecule has 0 radical (unpaired) electrons. The highest BCUT2D eigenvalue weighted by Crippen LogP contribution is 2.29. The number of halogens is 1. The van der Waals surface area contributed by atoms with E-state index < -0.39 is 15.3 Å². The first-order valence-electron chi connectivity index (χ1n) is 8.25. The molecule has 3 N–H and O–H groups in total. The number of nitrogen functional groups attached to an aromatic ring is 1. The molecular weight excluding hydrogens is 386 g/mol. The summed E-state index contributed by atoms with van der Waals surface area (Å²) in [5.74, 6) is -0.0572. The number of aliphatic hydroxyl groups excluding tert-OH is 1. The molecule has 0 atom stereocenters. The lowest BCUT2D eigenvalue weighted by molar-refractivity contribution is 0.343. The second kappa shape index (κ2) is 8.12. The van der Waals surface area contributed by atoms with E-state index in [9.17, 15) is 13.5 Å². The molecule has 0 aliphatic heterocycles. The van der Waals surface area contributed by atoms with Crippen molar-refractivity contribution in [3.63, 3.8) is 0 Å². The molecule has 0 aliphatic carbocycles. The van der Waals surface area contributed by atoms with E-state index in [1.165, 1.54) is 0 Å². The van der Waals surface area contributed by atoms with Gasteiger partial charge >= 0.3 is 0 Å². The summed E-state index contributed by atoms with van der Waals surface area (Å²) in [7, 11) is -3.65. The third-order valence-corrected chi connectivity index (χ3v) is 6.26. The van der Waals surface area contributed by atoms with Crippen molar-refractivity contribution in [3.8, 4) is 0 Å². The number of nitrogens with two attached hydrogens (primary N) is 1. The average molecular weight is 408 g/mol. The second-order valence-corrected chi connectivity index (χ2v) is 8.54. The molecule has 8 heteroatoms. The lowest BCUT2D eigenvalue weighted by Gasteiger charge is -2.12. The summed E-state index contributed by atoms with van der Waals surface area (Å²) in [6, 6.07) is 14.9. The minimum atomic E-state index is -3.65. The van der Waals surface area contributed by atoms with E-state index in [2.05, 4.69) is 4.98 Å². The lowest BCUT2D eigenvalue weighted by Crippen LogP contribution is -2.23. The molecule has 0 amide bonds. The number of aromatic nitrogens is 2. The monoisotopic (exact) mass is 407 g/mol. The molecule has 144 valence electrons. The molecule has 3 rings (SSSR count). The maximum Gasteiger partial charge on any atom is 0.244 e. The lowest BCUT2D eigenvalue weighted by atomic mass is 9.97. The van der Waals surface area contributed by atoms with Crippen LogP contribution >= 0.6 is 12.4 Å². The molecule has 0 unspecified atom stereocenters. The van der Waals surface area contributed by atoms with E-state index in [0.717, 1.165) is 20.7 Å². The summed E-state index contributed by atoms with van der Waals surface area (Å²) in [6.07, 6.45) is 1.69. The number of imidazole rings is 1. The van der Waals surface area contributed by atoms with E-state index in [1.807, 2.05) is 36.4 Å². The van der Waals surface area contributed by atoms with Crippen LogP contribution in [0.2, 0.25) is 0 Å².